The van der Waals surface area contributed by atoms with Crippen LogP contribution in [0.4, 0.5) is 0 Å². The maximum absolute atomic E-state index is 11.5. The third-order valence-electron chi connectivity index (χ3n) is 2.23. The second-order valence-electron chi connectivity index (χ2n) is 3.43. The molecule has 5 nitrogen and oxygen atoms in total. The third kappa shape index (κ3) is 3.61. The van der Waals surface area contributed by atoms with Crippen molar-refractivity contribution in [3.8, 4) is 0 Å². The quantitative estimate of drug-likeness (QED) is 0.593. The van der Waals surface area contributed by atoms with E-state index in [1.165, 1.54) is 0 Å². The number of methoxy groups -OCH3 is 1. The number of carbonyl (C=O) groups excluding carboxylic acids is 1. The van der Waals surface area contributed by atoms with Gasteiger partial charge in [0.1, 0.15) is 6.61 Å². The molecule has 0 aromatic rings. The first kappa shape index (κ1) is 11.4. The topological polar surface area (TPSA) is 64.8 Å². The maximum atomic E-state index is 11.5. The average molecular weight is 202 g/mol. The average Bonchev–Trinajstić information content (AvgIpc) is 2.59. The standard InChI is InChI=1S/C9H18N2O3/c1-13-4-5-14-7-9(12)11-3-2-8(10)6-11/h8H,2-7,10H2,1H3. The first-order valence-electron chi connectivity index (χ1n) is 4.84. The van der Waals surface area contributed by atoms with Crippen LogP contribution in [0.25, 0.3) is 0 Å². The number of hydrogen-bond acceptors (Lipinski definition) is 4. The van der Waals surface area contributed by atoms with E-state index in [9.17, 15) is 4.79 Å². The van der Waals surface area contributed by atoms with Crippen molar-refractivity contribution in [1.82, 2.24) is 4.90 Å². The molecule has 1 amide bonds. The van der Waals surface area contributed by atoms with Crippen LogP contribution < -0.4 is 5.73 Å². The Bertz CT molecular complexity index is 187. The van der Waals surface area contributed by atoms with E-state index in [0.717, 1.165) is 13.0 Å². The van der Waals surface area contributed by atoms with E-state index in [-0.39, 0.29) is 18.6 Å². The number of amides is 1. The molecule has 5 heteroatoms. The molecular weight excluding hydrogens is 184 g/mol. The highest BCUT2D eigenvalue weighted by molar-refractivity contribution is 5.77. The Balaban J connectivity index is 2.09. The lowest BCUT2D eigenvalue weighted by atomic mass is 10.3. The number of likely N-dealkylation sites (tertiary alicyclic amines) is 1. The highest BCUT2D eigenvalue weighted by Crippen LogP contribution is 2.06. The molecule has 1 heterocycles. The summed E-state index contributed by atoms with van der Waals surface area (Å²) in [5.41, 5.74) is 5.68. The van der Waals surface area contributed by atoms with Gasteiger partial charge < -0.3 is 20.1 Å². The zero-order chi connectivity index (χ0) is 10.4. The first-order chi connectivity index (χ1) is 6.74. The number of carbonyl (C=O) groups is 1. The predicted octanol–water partition coefficient (Wildman–Crippen LogP) is -0.791. The lowest BCUT2D eigenvalue weighted by molar-refractivity contribution is -0.135. The summed E-state index contributed by atoms with van der Waals surface area (Å²) in [6.07, 6.45) is 0.893. The van der Waals surface area contributed by atoms with Crippen LogP contribution in [0.1, 0.15) is 6.42 Å². The summed E-state index contributed by atoms with van der Waals surface area (Å²) in [4.78, 5) is 13.2. The van der Waals surface area contributed by atoms with Gasteiger partial charge in [0.25, 0.3) is 0 Å². The Hall–Kier alpha value is -0.650. The fraction of sp³-hybridized carbons (Fsp3) is 0.889. The van der Waals surface area contributed by atoms with Crippen molar-refractivity contribution in [2.24, 2.45) is 5.73 Å². The molecule has 0 spiro atoms. The molecule has 0 radical (unpaired) electrons. The molecule has 0 bridgehead atoms. The van der Waals surface area contributed by atoms with Gasteiger partial charge >= 0.3 is 0 Å². The molecule has 0 aromatic carbocycles. The molecule has 1 unspecified atom stereocenters. The SMILES string of the molecule is COCCOCC(=O)N1CCC(N)C1. The lowest BCUT2D eigenvalue weighted by Gasteiger charge is -2.15. The second-order valence-corrected chi connectivity index (χ2v) is 3.43. The molecule has 1 aliphatic rings. The van der Waals surface area contributed by atoms with Crippen molar-refractivity contribution < 1.29 is 14.3 Å². The Kier molecular flexibility index (Phi) is 4.86. The van der Waals surface area contributed by atoms with E-state index in [1.54, 1.807) is 12.0 Å². The number of ether oxygens (including phenoxy) is 2. The van der Waals surface area contributed by atoms with E-state index in [0.29, 0.717) is 19.8 Å². The van der Waals surface area contributed by atoms with Gasteiger partial charge in [-0.2, -0.15) is 0 Å². The minimum absolute atomic E-state index is 0.0223. The van der Waals surface area contributed by atoms with Gasteiger partial charge in [0, 0.05) is 26.2 Å². The van der Waals surface area contributed by atoms with Gasteiger partial charge in [-0.05, 0) is 6.42 Å². The summed E-state index contributed by atoms with van der Waals surface area (Å²) in [6.45, 7) is 2.53. The van der Waals surface area contributed by atoms with Crippen LogP contribution in [0.3, 0.4) is 0 Å². The van der Waals surface area contributed by atoms with Crippen LogP contribution in [0, 0.1) is 0 Å². The van der Waals surface area contributed by atoms with Gasteiger partial charge in [-0.15, -0.1) is 0 Å². The molecule has 1 saturated heterocycles. The number of hydrogen-bond donors (Lipinski definition) is 1. The van der Waals surface area contributed by atoms with Crippen LogP contribution in [-0.2, 0) is 14.3 Å². The molecule has 82 valence electrons. The second kappa shape index (κ2) is 5.95. The number of nitrogens with two attached hydrogens (primary N) is 1. The van der Waals surface area contributed by atoms with E-state index >= 15 is 0 Å². The summed E-state index contributed by atoms with van der Waals surface area (Å²) in [5, 5.41) is 0. The van der Waals surface area contributed by atoms with E-state index in [1.807, 2.05) is 0 Å². The molecular formula is C9H18N2O3. The van der Waals surface area contributed by atoms with Crippen molar-refractivity contribution in [2.45, 2.75) is 12.5 Å². The van der Waals surface area contributed by atoms with Crippen LogP contribution >= 0.6 is 0 Å². The maximum Gasteiger partial charge on any atom is 0.248 e. The number of rotatable bonds is 5. The Morgan fingerprint density at radius 1 is 1.57 bits per heavy atom. The summed E-state index contributed by atoms with van der Waals surface area (Å²) in [5.74, 6) is 0.0223. The summed E-state index contributed by atoms with van der Waals surface area (Å²) < 4.78 is 9.92. The van der Waals surface area contributed by atoms with E-state index in [2.05, 4.69) is 0 Å². The Morgan fingerprint density at radius 2 is 2.36 bits per heavy atom. The highest BCUT2D eigenvalue weighted by atomic mass is 16.5. The number of nitrogens with zero attached hydrogens (tertiary/aromatic N) is 1. The highest BCUT2D eigenvalue weighted by Gasteiger charge is 2.23. The molecule has 14 heavy (non-hydrogen) atoms. The Morgan fingerprint density at radius 3 is 2.93 bits per heavy atom. The minimum atomic E-state index is 0.0223. The van der Waals surface area contributed by atoms with Crippen LogP contribution in [-0.4, -0.2) is 56.9 Å². The molecule has 1 aliphatic heterocycles. The molecule has 2 N–H and O–H groups in total. The van der Waals surface area contributed by atoms with Gasteiger partial charge in [0.2, 0.25) is 5.91 Å². The van der Waals surface area contributed by atoms with Crippen LogP contribution in [0.15, 0.2) is 0 Å². The first-order valence-corrected chi connectivity index (χ1v) is 4.84. The molecule has 0 saturated carbocycles. The molecule has 1 rings (SSSR count). The summed E-state index contributed by atoms with van der Waals surface area (Å²) in [6, 6.07) is 0.137. The van der Waals surface area contributed by atoms with Gasteiger partial charge in [-0.1, -0.05) is 0 Å². The smallest absolute Gasteiger partial charge is 0.248 e. The Labute approximate surface area is 84.1 Å². The zero-order valence-electron chi connectivity index (χ0n) is 8.57. The van der Waals surface area contributed by atoms with Crippen molar-refractivity contribution in [3.63, 3.8) is 0 Å². The minimum Gasteiger partial charge on any atom is -0.382 e. The molecule has 1 fully saturated rings. The van der Waals surface area contributed by atoms with Crippen molar-refractivity contribution in [1.29, 1.82) is 0 Å². The fourth-order valence-electron chi connectivity index (χ4n) is 1.41. The molecule has 0 aliphatic carbocycles. The predicted molar refractivity (Wildman–Crippen MR) is 51.9 cm³/mol. The third-order valence-corrected chi connectivity index (χ3v) is 2.23. The monoisotopic (exact) mass is 202 g/mol. The fourth-order valence-corrected chi connectivity index (χ4v) is 1.41. The lowest BCUT2D eigenvalue weighted by Crippen LogP contribution is -2.34. The molecule has 0 aromatic heterocycles. The normalized spacial score (nSPS) is 21.6. The van der Waals surface area contributed by atoms with Gasteiger partial charge in [0.15, 0.2) is 0 Å². The van der Waals surface area contributed by atoms with Crippen molar-refractivity contribution in [2.75, 3.05) is 40.0 Å². The van der Waals surface area contributed by atoms with Gasteiger partial charge in [0.05, 0.1) is 13.2 Å². The zero-order valence-corrected chi connectivity index (χ0v) is 8.57. The van der Waals surface area contributed by atoms with Gasteiger partial charge in [-0.25, -0.2) is 0 Å². The van der Waals surface area contributed by atoms with Crippen LogP contribution in [0.2, 0.25) is 0 Å². The largest absolute Gasteiger partial charge is 0.382 e. The van der Waals surface area contributed by atoms with Gasteiger partial charge in [-0.3, -0.25) is 4.79 Å². The van der Waals surface area contributed by atoms with Crippen LogP contribution in [0.5, 0.6) is 0 Å². The summed E-state index contributed by atoms with van der Waals surface area (Å²) in [7, 11) is 1.60. The summed E-state index contributed by atoms with van der Waals surface area (Å²) >= 11 is 0. The van der Waals surface area contributed by atoms with E-state index < -0.39 is 0 Å². The molecule has 1 atom stereocenters. The van der Waals surface area contributed by atoms with Crippen molar-refractivity contribution >= 4 is 5.91 Å². The van der Waals surface area contributed by atoms with E-state index in [4.69, 9.17) is 15.2 Å². The van der Waals surface area contributed by atoms with Crippen molar-refractivity contribution in [3.05, 3.63) is 0 Å².